The van der Waals surface area contributed by atoms with Crippen molar-refractivity contribution < 1.29 is 9.84 Å². The molecule has 1 aliphatic rings. The lowest BCUT2D eigenvalue weighted by molar-refractivity contribution is 0.125. The van der Waals surface area contributed by atoms with Gasteiger partial charge in [-0.3, -0.25) is 4.90 Å². The Kier molecular flexibility index (Phi) is 5.06. The average molecular weight is 277 g/mol. The molecule has 112 valence electrons. The van der Waals surface area contributed by atoms with Gasteiger partial charge in [-0.25, -0.2) is 0 Å². The molecule has 1 aromatic rings. The Morgan fingerprint density at radius 2 is 1.75 bits per heavy atom. The van der Waals surface area contributed by atoms with Crippen LogP contribution in [0.1, 0.15) is 42.5 Å². The molecule has 1 fully saturated rings. The van der Waals surface area contributed by atoms with Crippen LogP contribution in [0.4, 0.5) is 0 Å². The third-order valence-electron chi connectivity index (χ3n) is 4.46. The summed E-state index contributed by atoms with van der Waals surface area (Å²) >= 11 is 0. The van der Waals surface area contributed by atoms with Crippen LogP contribution in [0.5, 0.6) is 5.75 Å². The van der Waals surface area contributed by atoms with Crippen LogP contribution in [-0.4, -0.2) is 36.8 Å². The molecule has 0 aliphatic carbocycles. The molecular formula is C17H27NO2. The van der Waals surface area contributed by atoms with Gasteiger partial charge in [-0.15, -0.1) is 0 Å². The molecule has 0 radical (unpaired) electrons. The van der Waals surface area contributed by atoms with Crippen LogP contribution in [0.25, 0.3) is 0 Å². The van der Waals surface area contributed by atoms with Gasteiger partial charge in [0.25, 0.3) is 0 Å². The standard InChI is InChI=1S/C17H27NO2/c1-12-9-15(20-4)10-13(2)16(12)17(14(3)11-19)18-7-5-6-8-18/h9-10,14,17,19H,5-8,11H2,1-4H3. The summed E-state index contributed by atoms with van der Waals surface area (Å²) in [5, 5.41) is 9.66. The van der Waals surface area contributed by atoms with Gasteiger partial charge in [-0.05, 0) is 74.5 Å². The minimum absolute atomic E-state index is 0.228. The molecule has 0 bridgehead atoms. The van der Waals surface area contributed by atoms with Crippen molar-refractivity contribution in [1.29, 1.82) is 0 Å². The van der Waals surface area contributed by atoms with Gasteiger partial charge >= 0.3 is 0 Å². The number of rotatable bonds is 5. The molecule has 2 unspecified atom stereocenters. The molecule has 0 saturated carbocycles. The molecule has 1 saturated heterocycles. The summed E-state index contributed by atoms with van der Waals surface area (Å²) in [6, 6.07) is 4.53. The summed E-state index contributed by atoms with van der Waals surface area (Å²) < 4.78 is 5.36. The lowest BCUT2D eigenvalue weighted by atomic mass is 9.87. The first-order chi connectivity index (χ1) is 9.58. The van der Waals surface area contributed by atoms with Gasteiger partial charge in [0.05, 0.1) is 7.11 Å². The summed E-state index contributed by atoms with van der Waals surface area (Å²) in [4.78, 5) is 2.53. The third-order valence-corrected chi connectivity index (χ3v) is 4.46. The second-order valence-corrected chi connectivity index (χ2v) is 6.02. The summed E-state index contributed by atoms with van der Waals surface area (Å²) in [6.45, 7) is 8.95. The van der Waals surface area contributed by atoms with E-state index >= 15 is 0 Å². The van der Waals surface area contributed by atoms with E-state index in [4.69, 9.17) is 4.74 Å². The Morgan fingerprint density at radius 1 is 1.20 bits per heavy atom. The maximum Gasteiger partial charge on any atom is 0.119 e. The van der Waals surface area contributed by atoms with Gasteiger partial charge in [-0.1, -0.05) is 6.92 Å². The van der Waals surface area contributed by atoms with Crippen molar-refractivity contribution in [3.8, 4) is 5.75 Å². The Labute approximate surface area is 122 Å². The van der Waals surface area contributed by atoms with E-state index in [0.29, 0.717) is 6.04 Å². The first-order valence-corrected chi connectivity index (χ1v) is 7.58. The lowest BCUT2D eigenvalue weighted by Crippen LogP contribution is -2.33. The number of methoxy groups -OCH3 is 1. The topological polar surface area (TPSA) is 32.7 Å². The van der Waals surface area contributed by atoms with Gasteiger partial charge < -0.3 is 9.84 Å². The molecule has 3 nitrogen and oxygen atoms in total. The normalized spacial score (nSPS) is 19.1. The highest BCUT2D eigenvalue weighted by Crippen LogP contribution is 2.36. The zero-order valence-corrected chi connectivity index (χ0v) is 13.1. The molecule has 1 heterocycles. The second-order valence-electron chi connectivity index (χ2n) is 6.02. The number of hydrogen-bond acceptors (Lipinski definition) is 3. The Balaban J connectivity index is 2.42. The zero-order valence-electron chi connectivity index (χ0n) is 13.1. The molecule has 0 aromatic heterocycles. The first kappa shape index (κ1) is 15.3. The van der Waals surface area contributed by atoms with E-state index in [9.17, 15) is 5.11 Å². The van der Waals surface area contributed by atoms with E-state index in [0.717, 1.165) is 18.8 Å². The predicted octanol–water partition coefficient (Wildman–Crippen LogP) is 3.08. The Bertz CT molecular complexity index is 429. The summed E-state index contributed by atoms with van der Waals surface area (Å²) in [5.74, 6) is 1.17. The molecule has 1 aliphatic heterocycles. The fourth-order valence-corrected chi connectivity index (χ4v) is 3.47. The van der Waals surface area contributed by atoms with Crippen molar-refractivity contribution in [1.82, 2.24) is 4.90 Å². The highest BCUT2D eigenvalue weighted by molar-refractivity contribution is 5.43. The van der Waals surface area contributed by atoms with Gasteiger partial charge in [0.2, 0.25) is 0 Å². The van der Waals surface area contributed by atoms with Gasteiger partial charge in [0.15, 0.2) is 0 Å². The minimum atomic E-state index is 0.228. The van der Waals surface area contributed by atoms with E-state index in [-0.39, 0.29) is 12.5 Å². The van der Waals surface area contributed by atoms with Gasteiger partial charge in [-0.2, -0.15) is 0 Å². The fourth-order valence-electron chi connectivity index (χ4n) is 3.47. The number of hydrogen-bond donors (Lipinski definition) is 1. The average Bonchev–Trinajstić information content (AvgIpc) is 2.95. The summed E-state index contributed by atoms with van der Waals surface area (Å²) in [5.41, 5.74) is 3.90. The molecule has 1 aromatic carbocycles. The van der Waals surface area contributed by atoms with Gasteiger partial charge in [0.1, 0.15) is 5.75 Å². The quantitative estimate of drug-likeness (QED) is 0.898. The number of benzene rings is 1. The van der Waals surface area contributed by atoms with Gasteiger partial charge in [0, 0.05) is 12.6 Å². The fraction of sp³-hybridized carbons (Fsp3) is 0.647. The summed E-state index contributed by atoms with van der Waals surface area (Å²) in [7, 11) is 1.71. The van der Waals surface area contributed by atoms with E-state index < -0.39 is 0 Å². The third kappa shape index (κ3) is 2.99. The maximum absolute atomic E-state index is 9.66. The number of aliphatic hydroxyl groups excluding tert-OH is 1. The van der Waals surface area contributed by atoms with Crippen molar-refractivity contribution in [2.24, 2.45) is 5.92 Å². The van der Waals surface area contributed by atoms with Crippen molar-refractivity contribution in [3.63, 3.8) is 0 Å². The van der Waals surface area contributed by atoms with Crippen molar-refractivity contribution in [2.75, 3.05) is 26.8 Å². The number of aliphatic hydroxyl groups is 1. The monoisotopic (exact) mass is 277 g/mol. The molecule has 2 rings (SSSR count). The maximum atomic E-state index is 9.66. The van der Waals surface area contributed by atoms with Crippen molar-refractivity contribution >= 4 is 0 Å². The highest BCUT2D eigenvalue weighted by atomic mass is 16.5. The van der Waals surface area contributed by atoms with Crippen LogP contribution >= 0.6 is 0 Å². The molecule has 0 amide bonds. The van der Waals surface area contributed by atoms with E-state index in [2.05, 4.69) is 37.8 Å². The number of likely N-dealkylation sites (tertiary alicyclic amines) is 1. The van der Waals surface area contributed by atoms with Crippen LogP contribution in [0.3, 0.4) is 0 Å². The van der Waals surface area contributed by atoms with Crippen molar-refractivity contribution in [3.05, 3.63) is 28.8 Å². The van der Waals surface area contributed by atoms with Crippen LogP contribution < -0.4 is 4.74 Å². The molecule has 20 heavy (non-hydrogen) atoms. The molecule has 3 heteroatoms. The molecule has 2 atom stereocenters. The second kappa shape index (κ2) is 6.59. The number of ether oxygens (including phenoxy) is 1. The van der Waals surface area contributed by atoms with E-state index in [1.807, 2.05) is 0 Å². The zero-order chi connectivity index (χ0) is 14.7. The molecule has 0 spiro atoms. The van der Waals surface area contributed by atoms with Crippen LogP contribution in [-0.2, 0) is 0 Å². The Morgan fingerprint density at radius 3 is 2.20 bits per heavy atom. The lowest BCUT2D eigenvalue weighted by Gasteiger charge is -2.34. The van der Waals surface area contributed by atoms with E-state index in [1.54, 1.807) is 7.11 Å². The molecule has 1 N–H and O–H groups in total. The van der Waals surface area contributed by atoms with Crippen LogP contribution in [0, 0.1) is 19.8 Å². The van der Waals surface area contributed by atoms with Crippen LogP contribution in [0.15, 0.2) is 12.1 Å². The highest BCUT2D eigenvalue weighted by Gasteiger charge is 2.30. The Hall–Kier alpha value is -1.06. The SMILES string of the molecule is COc1cc(C)c(C(C(C)CO)N2CCCC2)c(C)c1. The number of nitrogens with zero attached hydrogens (tertiary/aromatic N) is 1. The predicted molar refractivity (Wildman–Crippen MR) is 82.3 cm³/mol. The summed E-state index contributed by atoms with van der Waals surface area (Å²) in [6.07, 6.45) is 2.53. The molecular weight excluding hydrogens is 250 g/mol. The van der Waals surface area contributed by atoms with Crippen molar-refractivity contribution in [2.45, 2.75) is 39.7 Å². The van der Waals surface area contributed by atoms with E-state index in [1.165, 1.54) is 29.5 Å². The first-order valence-electron chi connectivity index (χ1n) is 7.58. The largest absolute Gasteiger partial charge is 0.497 e. The number of aryl methyl sites for hydroxylation is 2. The smallest absolute Gasteiger partial charge is 0.119 e. The van der Waals surface area contributed by atoms with Crippen LogP contribution in [0.2, 0.25) is 0 Å². The minimum Gasteiger partial charge on any atom is -0.497 e.